The van der Waals surface area contributed by atoms with Crippen molar-refractivity contribution in [3.05, 3.63) is 33.7 Å². The Kier molecular flexibility index (Phi) is 2.74. The number of carbonyl (C=O) groups is 2. The number of ether oxygens (including phenoxy) is 1. The molecule has 2 atom stereocenters. The first kappa shape index (κ1) is 12.1. The van der Waals surface area contributed by atoms with E-state index in [0.717, 1.165) is 6.42 Å². The molecule has 0 unspecified atom stereocenters. The summed E-state index contributed by atoms with van der Waals surface area (Å²) in [4.78, 5) is 36.5. The molecule has 0 saturated carbocycles. The van der Waals surface area contributed by atoms with Crippen molar-refractivity contribution in [2.45, 2.75) is 32.2 Å². The summed E-state index contributed by atoms with van der Waals surface area (Å²) in [5.74, 6) is -0.210. The van der Waals surface area contributed by atoms with E-state index in [1.165, 1.54) is 12.3 Å². The van der Waals surface area contributed by atoms with Crippen LogP contribution in [0.1, 0.15) is 34.2 Å². The quantitative estimate of drug-likeness (QED) is 0.680. The molecule has 2 aliphatic rings. The van der Waals surface area contributed by atoms with E-state index < -0.39 is 5.43 Å². The lowest BCUT2D eigenvalue weighted by molar-refractivity contribution is -0.112. The zero-order valence-corrected chi connectivity index (χ0v) is 10.5. The molecule has 6 nitrogen and oxygen atoms in total. The SMILES string of the molecule is C[C@@H]1CCO[C@H]2Cn3cc(C=O)c(=O)cc3C(=O)N12. The van der Waals surface area contributed by atoms with Gasteiger partial charge in [0.25, 0.3) is 5.91 Å². The van der Waals surface area contributed by atoms with Gasteiger partial charge in [-0.3, -0.25) is 14.4 Å². The molecule has 0 aliphatic carbocycles. The van der Waals surface area contributed by atoms with E-state index in [4.69, 9.17) is 4.74 Å². The van der Waals surface area contributed by atoms with Gasteiger partial charge in [-0.15, -0.1) is 0 Å². The zero-order valence-electron chi connectivity index (χ0n) is 10.5. The Morgan fingerprint density at radius 2 is 2.21 bits per heavy atom. The number of hydrogen-bond acceptors (Lipinski definition) is 4. The predicted octanol–water partition coefficient (Wildman–Crippen LogP) is 0.252. The average Bonchev–Trinajstić information content (AvgIpc) is 2.39. The lowest BCUT2D eigenvalue weighted by atomic mass is 10.1. The fraction of sp³-hybridized carbons (Fsp3) is 0.462. The molecule has 2 aliphatic heterocycles. The van der Waals surface area contributed by atoms with Crippen molar-refractivity contribution in [1.29, 1.82) is 0 Å². The van der Waals surface area contributed by atoms with Gasteiger partial charge >= 0.3 is 0 Å². The van der Waals surface area contributed by atoms with Crippen LogP contribution in [0.4, 0.5) is 0 Å². The van der Waals surface area contributed by atoms with Crippen molar-refractivity contribution >= 4 is 12.2 Å². The predicted molar refractivity (Wildman–Crippen MR) is 66.1 cm³/mol. The molecular weight excluding hydrogens is 248 g/mol. The number of rotatable bonds is 1. The second kappa shape index (κ2) is 4.31. The lowest BCUT2D eigenvalue weighted by Crippen LogP contribution is -2.56. The van der Waals surface area contributed by atoms with Crippen molar-refractivity contribution in [1.82, 2.24) is 9.47 Å². The normalized spacial score (nSPS) is 25.7. The maximum atomic E-state index is 12.4. The molecular formula is C13H14N2O4. The molecule has 0 spiro atoms. The average molecular weight is 262 g/mol. The number of hydrogen-bond donors (Lipinski definition) is 0. The summed E-state index contributed by atoms with van der Waals surface area (Å²) in [5, 5.41) is 0. The van der Waals surface area contributed by atoms with Gasteiger partial charge in [0.15, 0.2) is 17.9 Å². The molecule has 0 bridgehead atoms. The second-order valence-corrected chi connectivity index (χ2v) is 4.92. The monoisotopic (exact) mass is 262 g/mol. The van der Waals surface area contributed by atoms with Gasteiger partial charge in [0, 0.05) is 18.3 Å². The van der Waals surface area contributed by atoms with Crippen LogP contribution in [0.2, 0.25) is 0 Å². The van der Waals surface area contributed by atoms with Gasteiger partial charge in [-0.05, 0) is 13.3 Å². The van der Waals surface area contributed by atoms with Crippen LogP contribution in [0.3, 0.4) is 0 Å². The molecule has 3 heterocycles. The molecule has 1 aromatic rings. The molecule has 19 heavy (non-hydrogen) atoms. The third kappa shape index (κ3) is 1.79. The van der Waals surface area contributed by atoms with E-state index >= 15 is 0 Å². The highest BCUT2D eigenvalue weighted by Crippen LogP contribution is 2.25. The van der Waals surface area contributed by atoms with Crippen molar-refractivity contribution < 1.29 is 14.3 Å². The van der Waals surface area contributed by atoms with Crippen molar-refractivity contribution in [3.63, 3.8) is 0 Å². The Morgan fingerprint density at radius 3 is 2.95 bits per heavy atom. The van der Waals surface area contributed by atoms with Crippen molar-refractivity contribution in [2.24, 2.45) is 0 Å². The number of nitrogens with zero attached hydrogens (tertiary/aromatic N) is 2. The number of carbonyl (C=O) groups excluding carboxylic acids is 2. The van der Waals surface area contributed by atoms with Crippen LogP contribution in [-0.2, 0) is 11.3 Å². The summed E-state index contributed by atoms with van der Waals surface area (Å²) in [5.41, 5.74) is -0.0308. The van der Waals surface area contributed by atoms with E-state index in [9.17, 15) is 14.4 Å². The zero-order chi connectivity index (χ0) is 13.6. The highest BCUT2D eigenvalue weighted by molar-refractivity contribution is 5.94. The Hall–Kier alpha value is -1.95. The second-order valence-electron chi connectivity index (χ2n) is 4.92. The van der Waals surface area contributed by atoms with E-state index in [-0.39, 0.29) is 23.7 Å². The van der Waals surface area contributed by atoms with Gasteiger partial charge < -0.3 is 14.2 Å². The fourth-order valence-corrected chi connectivity index (χ4v) is 2.67. The minimum Gasteiger partial charge on any atom is -0.356 e. The Labute approximate surface area is 109 Å². The van der Waals surface area contributed by atoms with Crippen LogP contribution in [-0.4, -0.2) is 40.5 Å². The lowest BCUT2D eigenvalue weighted by Gasteiger charge is -2.44. The highest BCUT2D eigenvalue weighted by Gasteiger charge is 2.38. The van der Waals surface area contributed by atoms with Gasteiger partial charge in [-0.25, -0.2) is 0 Å². The smallest absolute Gasteiger partial charge is 0.272 e. The summed E-state index contributed by atoms with van der Waals surface area (Å²) in [6, 6.07) is 1.34. The summed E-state index contributed by atoms with van der Waals surface area (Å²) in [7, 11) is 0. The van der Waals surface area contributed by atoms with Gasteiger partial charge in [0.1, 0.15) is 5.69 Å². The van der Waals surface area contributed by atoms with Crippen LogP contribution in [0.15, 0.2) is 17.1 Å². The van der Waals surface area contributed by atoms with Gasteiger partial charge in [-0.2, -0.15) is 0 Å². The van der Waals surface area contributed by atoms with Gasteiger partial charge in [0.05, 0.1) is 18.7 Å². The van der Waals surface area contributed by atoms with Crippen LogP contribution in [0.5, 0.6) is 0 Å². The molecule has 1 fully saturated rings. The van der Waals surface area contributed by atoms with E-state index in [1.54, 1.807) is 9.47 Å². The molecule has 1 aromatic heterocycles. The molecule has 0 radical (unpaired) electrons. The van der Waals surface area contributed by atoms with Crippen molar-refractivity contribution in [3.8, 4) is 0 Å². The minimum atomic E-state index is -0.418. The van der Waals surface area contributed by atoms with Crippen molar-refractivity contribution in [2.75, 3.05) is 6.61 Å². The number of amides is 1. The van der Waals surface area contributed by atoms with Gasteiger partial charge in [0.2, 0.25) is 0 Å². The first-order chi connectivity index (χ1) is 9.11. The molecule has 0 aromatic carbocycles. The topological polar surface area (TPSA) is 68.6 Å². The van der Waals surface area contributed by atoms with Gasteiger partial charge in [-0.1, -0.05) is 0 Å². The number of aromatic nitrogens is 1. The minimum absolute atomic E-state index is 0.0638. The Balaban J connectivity index is 2.10. The summed E-state index contributed by atoms with van der Waals surface area (Å²) in [6.45, 7) is 3.04. The number of aldehydes is 1. The maximum Gasteiger partial charge on any atom is 0.272 e. The first-order valence-electron chi connectivity index (χ1n) is 6.25. The Morgan fingerprint density at radius 1 is 1.42 bits per heavy atom. The molecule has 3 rings (SSSR count). The largest absolute Gasteiger partial charge is 0.356 e. The standard InChI is InChI=1S/C13H14N2O4/c1-8-2-3-19-12-6-14-5-9(7-16)11(17)4-10(14)13(18)15(8)12/h4-5,7-8,12H,2-3,6H2,1H3/t8-,12+/m1/s1. The van der Waals surface area contributed by atoms with E-state index in [2.05, 4.69) is 0 Å². The number of pyridine rings is 1. The summed E-state index contributed by atoms with van der Waals surface area (Å²) >= 11 is 0. The van der Waals surface area contributed by atoms with E-state index in [1.807, 2.05) is 6.92 Å². The third-order valence-corrected chi connectivity index (χ3v) is 3.72. The number of fused-ring (bicyclic) bond motifs is 2. The van der Waals surface area contributed by atoms with Crippen LogP contribution < -0.4 is 5.43 Å². The van der Waals surface area contributed by atoms with Crippen LogP contribution in [0.25, 0.3) is 0 Å². The fourth-order valence-electron chi connectivity index (χ4n) is 2.67. The Bertz CT molecular complexity index is 607. The first-order valence-corrected chi connectivity index (χ1v) is 6.25. The van der Waals surface area contributed by atoms with Crippen LogP contribution in [0, 0.1) is 0 Å². The third-order valence-electron chi connectivity index (χ3n) is 3.72. The molecule has 1 saturated heterocycles. The maximum absolute atomic E-state index is 12.4. The molecule has 0 N–H and O–H groups in total. The van der Waals surface area contributed by atoms with E-state index in [0.29, 0.717) is 25.1 Å². The molecule has 1 amide bonds. The molecule has 6 heteroatoms. The van der Waals surface area contributed by atoms with Crippen LogP contribution >= 0.6 is 0 Å². The summed E-state index contributed by atoms with van der Waals surface area (Å²) in [6.07, 6.45) is 2.42. The highest BCUT2D eigenvalue weighted by atomic mass is 16.5. The molecule has 100 valence electrons. The summed E-state index contributed by atoms with van der Waals surface area (Å²) < 4.78 is 7.23.